The van der Waals surface area contributed by atoms with E-state index >= 15 is 0 Å². The van der Waals surface area contributed by atoms with Gasteiger partial charge in [-0.2, -0.15) is 0 Å². The van der Waals surface area contributed by atoms with Gasteiger partial charge in [-0.25, -0.2) is 5.06 Å². The molecule has 0 unspecified atom stereocenters. The van der Waals surface area contributed by atoms with Crippen LogP contribution >= 0.6 is 0 Å². The third kappa shape index (κ3) is 2.82. The van der Waals surface area contributed by atoms with Gasteiger partial charge >= 0.3 is 0 Å². The predicted molar refractivity (Wildman–Crippen MR) is 39.3 cm³/mol. The maximum atomic E-state index is 10.6. The molecule has 1 rings (SSSR count). The number of hydrogen-bond donors (Lipinski definition) is 0. The number of rotatable bonds is 0. The van der Waals surface area contributed by atoms with Crippen molar-refractivity contribution in [2.75, 3.05) is 13.7 Å². The molecule has 0 bridgehead atoms. The first-order chi connectivity index (χ1) is 4.80. The van der Waals surface area contributed by atoms with Crippen LogP contribution in [0.4, 0.5) is 0 Å². The first-order valence-corrected chi connectivity index (χ1v) is 3.70. The number of carbonyl (C=O) groups excluding carboxylic acids is 1. The van der Waals surface area contributed by atoms with E-state index in [0.29, 0.717) is 13.0 Å². The van der Waals surface area contributed by atoms with E-state index in [-0.39, 0.29) is 5.91 Å². The van der Waals surface area contributed by atoms with Gasteiger partial charge in [0.1, 0.15) is 0 Å². The summed E-state index contributed by atoms with van der Waals surface area (Å²) in [5.74, 6) is 0.0799. The van der Waals surface area contributed by atoms with Crippen molar-refractivity contribution in [3.8, 4) is 0 Å². The maximum absolute atomic E-state index is 10.6. The van der Waals surface area contributed by atoms with Crippen molar-refractivity contribution in [2.45, 2.75) is 26.7 Å². The molecule has 0 aromatic heterocycles. The van der Waals surface area contributed by atoms with E-state index in [1.54, 1.807) is 7.05 Å². The number of carbonyl (C=O) groups is 1. The molecular formula is C7H15NO2. The standard InChI is InChI=1S/C5H9NO2.C2H6/c1-6-5(7)3-2-4-8-6;1-2/h2-4H2,1H3;1-2H3. The zero-order valence-electron chi connectivity index (χ0n) is 6.89. The summed E-state index contributed by atoms with van der Waals surface area (Å²) >= 11 is 0. The molecule has 60 valence electrons. The van der Waals surface area contributed by atoms with E-state index < -0.39 is 0 Å². The van der Waals surface area contributed by atoms with Crippen LogP contribution in [0.25, 0.3) is 0 Å². The SMILES string of the molecule is CC.CN1OCCCC1=O. The lowest BCUT2D eigenvalue weighted by Crippen LogP contribution is -2.31. The Morgan fingerprint density at radius 1 is 1.50 bits per heavy atom. The van der Waals surface area contributed by atoms with Crippen LogP contribution in [0.1, 0.15) is 26.7 Å². The summed E-state index contributed by atoms with van der Waals surface area (Å²) in [7, 11) is 1.64. The second-order valence-electron chi connectivity index (χ2n) is 1.83. The molecule has 1 saturated heterocycles. The minimum absolute atomic E-state index is 0.0799. The van der Waals surface area contributed by atoms with Gasteiger partial charge in [-0.1, -0.05) is 13.8 Å². The summed E-state index contributed by atoms with van der Waals surface area (Å²) in [5.41, 5.74) is 0. The highest BCUT2D eigenvalue weighted by Gasteiger charge is 2.13. The summed E-state index contributed by atoms with van der Waals surface area (Å²) in [6.45, 7) is 4.68. The molecule has 1 aliphatic heterocycles. The molecule has 0 aromatic carbocycles. The Hall–Kier alpha value is -0.570. The van der Waals surface area contributed by atoms with Gasteiger partial charge in [0, 0.05) is 13.5 Å². The van der Waals surface area contributed by atoms with E-state index in [1.807, 2.05) is 13.8 Å². The fourth-order valence-corrected chi connectivity index (χ4v) is 0.654. The largest absolute Gasteiger partial charge is 0.273 e. The molecule has 0 spiro atoms. The van der Waals surface area contributed by atoms with Crippen molar-refractivity contribution < 1.29 is 9.63 Å². The summed E-state index contributed by atoms with van der Waals surface area (Å²) in [6.07, 6.45) is 1.50. The quantitative estimate of drug-likeness (QED) is 0.512. The minimum Gasteiger partial charge on any atom is -0.273 e. The van der Waals surface area contributed by atoms with Crippen molar-refractivity contribution in [1.82, 2.24) is 5.06 Å². The minimum atomic E-state index is 0.0799. The Morgan fingerprint density at radius 2 is 2.10 bits per heavy atom. The van der Waals surface area contributed by atoms with Gasteiger partial charge < -0.3 is 0 Å². The summed E-state index contributed by atoms with van der Waals surface area (Å²) < 4.78 is 0. The van der Waals surface area contributed by atoms with Gasteiger partial charge in [0.05, 0.1) is 6.61 Å². The molecule has 10 heavy (non-hydrogen) atoms. The molecule has 0 radical (unpaired) electrons. The average Bonchev–Trinajstić information content (AvgIpc) is 2.00. The molecule has 0 saturated carbocycles. The lowest BCUT2D eigenvalue weighted by atomic mass is 10.3. The summed E-state index contributed by atoms with van der Waals surface area (Å²) in [4.78, 5) is 15.5. The second kappa shape index (κ2) is 5.23. The van der Waals surface area contributed by atoms with Crippen molar-refractivity contribution in [3.05, 3.63) is 0 Å². The van der Waals surface area contributed by atoms with Crippen LogP contribution in [0.15, 0.2) is 0 Å². The molecule has 1 amide bonds. The molecule has 3 nitrogen and oxygen atoms in total. The summed E-state index contributed by atoms with van der Waals surface area (Å²) in [5, 5.41) is 1.30. The van der Waals surface area contributed by atoms with Gasteiger partial charge in [0.25, 0.3) is 0 Å². The third-order valence-corrected chi connectivity index (χ3v) is 1.17. The van der Waals surface area contributed by atoms with E-state index in [9.17, 15) is 4.79 Å². The van der Waals surface area contributed by atoms with Crippen LogP contribution in [0.3, 0.4) is 0 Å². The van der Waals surface area contributed by atoms with Crippen LogP contribution in [0.2, 0.25) is 0 Å². The molecule has 1 fully saturated rings. The average molecular weight is 145 g/mol. The predicted octanol–water partition coefficient (Wildman–Crippen LogP) is 1.20. The van der Waals surface area contributed by atoms with Crippen LogP contribution in [0, 0.1) is 0 Å². The molecule has 3 heteroatoms. The van der Waals surface area contributed by atoms with Gasteiger partial charge in [-0.05, 0) is 6.42 Å². The van der Waals surface area contributed by atoms with Crippen molar-refractivity contribution in [2.24, 2.45) is 0 Å². The Labute approximate surface area is 61.9 Å². The highest BCUT2D eigenvalue weighted by Crippen LogP contribution is 2.03. The highest BCUT2D eigenvalue weighted by molar-refractivity contribution is 5.75. The van der Waals surface area contributed by atoms with Gasteiger partial charge in [0.2, 0.25) is 5.91 Å². The number of nitrogens with zero attached hydrogens (tertiary/aromatic N) is 1. The first kappa shape index (κ1) is 9.43. The molecular weight excluding hydrogens is 130 g/mol. The topological polar surface area (TPSA) is 29.5 Å². The highest BCUT2D eigenvalue weighted by atomic mass is 16.7. The zero-order valence-corrected chi connectivity index (χ0v) is 6.89. The third-order valence-electron chi connectivity index (χ3n) is 1.17. The van der Waals surface area contributed by atoms with E-state index in [4.69, 9.17) is 4.84 Å². The normalized spacial score (nSPS) is 17.9. The molecule has 0 atom stereocenters. The zero-order chi connectivity index (χ0) is 7.98. The van der Waals surface area contributed by atoms with E-state index in [0.717, 1.165) is 6.42 Å². The summed E-state index contributed by atoms with van der Waals surface area (Å²) in [6, 6.07) is 0. The monoisotopic (exact) mass is 145 g/mol. The Morgan fingerprint density at radius 3 is 2.40 bits per heavy atom. The van der Waals surface area contributed by atoms with E-state index in [1.165, 1.54) is 5.06 Å². The molecule has 0 aliphatic carbocycles. The van der Waals surface area contributed by atoms with Crippen LogP contribution in [-0.2, 0) is 9.63 Å². The lowest BCUT2D eigenvalue weighted by molar-refractivity contribution is -0.189. The lowest BCUT2D eigenvalue weighted by Gasteiger charge is -2.20. The number of amides is 1. The van der Waals surface area contributed by atoms with Crippen molar-refractivity contribution in [3.63, 3.8) is 0 Å². The van der Waals surface area contributed by atoms with Gasteiger partial charge in [-0.3, -0.25) is 9.63 Å². The fourth-order valence-electron chi connectivity index (χ4n) is 0.654. The number of hydroxylamine groups is 2. The Bertz CT molecular complexity index is 104. The first-order valence-electron chi connectivity index (χ1n) is 3.70. The molecule has 1 aliphatic rings. The van der Waals surface area contributed by atoms with Gasteiger partial charge in [0.15, 0.2) is 0 Å². The van der Waals surface area contributed by atoms with Crippen molar-refractivity contribution >= 4 is 5.91 Å². The maximum Gasteiger partial charge on any atom is 0.245 e. The number of hydrogen-bond acceptors (Lipinski definition) is 2. The van der Waals surface area contributed by atoms with Crippen LogP contribution < -0.4 is 0 Å². The molecule has 1 heterocycles. The Balaban J connectivity index is 0.000000371. The second-order valence-corrected chi connectivity index (χ2v) is 1.83. The van der Waals surface area contributed by atoms with Crippen LogP contribution in [0.5, 0.6) is 0 Å². The molecule has 0 aromatic rings. The van der Waals surface area contributed by atoms with Crippen LogP contribution in [-0.4, -0.2) is 24.6 Å². The van der Waals surface area contributed by atoms with E-state index in [2.05, 4.69) is 0 Å². The Kier molecular flexibility index (Phi) is 4.94. The smallest absolute Gasteiger partial charge is 0.245 e. The van der Waals surface area contributed by atoms with Gasteiger partial charge in [-0.15, -0.1) is 0 Å². The van der Waals surface area contributed by atoms with Crippen molar-refractivity contribution in [1.29, 1.82) is 0 Å². The fraction of sp³-hybridized carbons (Fsp3) is 0.857. The molecule has 0 N–H and O–H groups in total.